The summed E-state index contributed by atoms with van der Waals surface area (Å²) in [6, 6.07) is 0.118. The highest BCUT2D eigenvalue weighted by Gasteiger charge is 2.36. The number of hydrogen-bond donors (Lipinski definition) is 0. The van der Waals surface area contributed by atoms with Crippen molar-refractivity contribution in [1.29, 1.82) is 0 Å². The van der Waals surface area contributed by atoms with Crippen molar-refractivity contribution in [1.82, 2.24) is 19.5 Å². The maximum absolute atomic E-state index is 13.9. The maximum Gasteiger partial charge on any atom is 0.318 e. The number of nitrogens with zero attached hydrogens (tertiary/aromatic N) is 5. The van der Waals surface area contributed by atoms with Crippen molar-refractivity contribution in [3.05, 3.63) is 22.5 Å². The Morgan fingerprint density at radius 3 is 2.91 bits per heavy atom. The molecule has 1 fully saturated rings. The largest absolute Gasteiger partial charge is 0.408 e. The van der Waals surface area contributed by atoms with Gasteiger partial charge in [-0.25, -0.2) is 4.39 Å². The van der Waals surface area contributed by atoms with Crippen molar-refractivity contribution in [3.63, 3.8) is 0 Å². The molecule has 0 aliphatic carbocycles. The highest BCUT2D eigenvalue weighted by atomic mass is 32.1. The summed E-state index contributed by atoms with van der Waals surface area (Å²) in [7, 11) is 1.71. The molecule has 1 aliphatic rings. The highest BCUT2D eigenvalue weighted by Crippen LogP contribution is 2.27. The van der Waals surface area contributed by atoms with E-state index >= 15 is 0 Å². The molecule has 2 aromatic heterocycles. The molecule has 0 radical (unpaired) electrons. The Balaban J connectivity index is 1.72. The van der Waals surface area contributed by atoms with E-state index in [9.17, 15) is 9.18 Å². The lowest BCUT2D eigenvalue weighted by Gasteiger charge is -2.27. The number of aromatic nitrogens is 3. The topological polar surface area (TPSA) is 75.4 Å². The van der Waals surface area contributed by atoms with E-state index in [0.29, 0.717) is 36.1 Å². The van der Waals surface area contributed by atoms with Gasteiger partial charge < -0.3 is 14.2 Å². The number of aryl methyl sites for hydroxylation is 2. The van der Waals surface area contributed by atoms with Gasteiger partial charge in [-0.15, -0.1) is 5.10 Å². The number of carbonyl (C=O) groups is 1. The third kappa shape index (κ3) is 3.19. The molecule has 0 bridgehead atoms. The normalized spacial score (nSPS) is 21.0. The molecule has 7 nitrogen and oxygen atoms in total. The minimum atomic E-state index is -0.972. The van der Waals surface area contributed by atoms with Crippen LogP contribution in [0, 0.1) is 13.8 Å². The molecule has 2 atom stereocenters. The van der Waals surface area contributed by atoms with E-state index in [-0.39, 0.29) is 18.5 Å². The molecule has 9 heteroatoms. The number of halogens is 1. The van der Waals surface area contributed by atoms with Gasteiger partial charge in [0.05, 0.1) is 23.8 Å². The molecule has 2 aromatic rings. The number of rotatable bonds is 4. The summed E-state index contributed by atoms with van der Waals surface area (Å²) < 4.78 is 23.4. The number of alkyl halides is 1. The predicted octanol–water partition coefficient (Wildman–Crippen LogP) is 1.83. The first-order chi connectivity index (χ1) is 11.0. The van der Waals surface area contributed by atoms with Crippen LogP contribution >= 0.6 is 11.5 Å². The molecule has 124 valence electrons. The average Bonchev–Trinajstić information content (AvgIpc) is 3.19. The molecule has 23 heavy (non-hydrogen) atoms. The summed E-state index contributed by atoms with van der Waals surface area (Å²) in [4.78, 5) is 15.8. The second-order valence-corrected chi connectivity index (χ2v) is 6.37. The summed E-state index contributed by atoms with van der Waals surface area (Å²) in [6.45, 7) is 4.08. The second-order valence-electron chi connectivity index (χ2n) is 5.74. The summed E-state index contributed by atoms with van der Waals surface area (Å²) in [5.41, 5.74) is 1.30. The van der Waals surface area contributed by atoms with Crippen LogP contribution in [0.25, 0.3) is 0 Å². The van der Waals surface area contributed by atoms with E-state index in [1.165, 1.54) is 11.5 Å². The van der Waals surface area contributed by atoms with Crippen LogP contribution < -0.4 is 4.90 Å². The molecule has 3 rings (SSSR count). The zero-order chi connectivity index (χ0) is 16.6. The Hall–Kier alpha value is -2.03. The number of likely N-dealkylation sites (N-methyl/N-ethyl adjacent to an activating group) is 1. The van der Waals surface area contributed by atoms with Crippen LogP contribution in [0.4, 0.5) is 10.4 Å². The van der Waals surface area contributed by atoms with Crippen LogP contribution in [0.5, 0.6) is 0 Å². The van der Waals surface area contributed by atoms with Crippen molar-refractivity contribution in [2.75, 3.05) is 25.0 Å². The molecule has 0 saturated carbocycles. The zero-order valence-electron chi connectivity index (χ0n) is 13.2. The van der Waals surface area contributed by atoms with Crippen molar-refractivity contribution in [2.45, 2.75) is 32.5 Å². The van der Waals surface area contributed by atoms with Gasteiger partial charge in [-0.3, -0.25) is 4.79 Å². The van der Waals surface area contributed by atoms with Crippen molar-refractivity contribution < 1.29 is 13.6 Å². The van der Waals surface area contributed by atoms with E-state index in [0.717, 1.165) is 0 Å². The fraction of sp³-hybridized carbons (Fsp3) is 0.571. The quantitative estimate of drug-likeness (QED) is 0.846. The molecule has 0 unspecified atom stereocenters. The number of anilines is 1. The van der Waals surface area contributed by atoms with Gasteiger partial charge in [-0.2, -0.15) is 4.37 Å². The molecule has 3 heterocycles. The first-order valence-electron chi connectivity index (χ1n) is 7.33. The van der Waals surface area contributed by atoms with Crippen molar-refractivity contribution in [3.8, 4) is 0 Å². The van der Waals surface area contributed by atoms with Gasteiger partial charge in [0, 0.05) is 32.3 Å². The van der Waals surface area contributed by atoms with E-state index in [1.807, 2.05) is 0 Å². The molecular formula is C14H18FN5O2S. The van der Waals surface area contributed by atoms with Crippen LogP contribution in [-0.2, 0) is 0 Å². The van der Waals surface area contributed by atoms with Gasteiger partial charge in [0.1, 0.15) is 6.17 Å². The van der Waals surface area contributed by atoms with Crippen LogP contribution in [-0.4, -0.2) is 57.7 Å². The van der Waals surface area contributed by atoms with Gasteiger partial charge in [0.15, 0.2) is 0 Å². The number of hydrogen-bond acceptors (Lipinski definition) is 7. The number of carbonyl (C=O) groups excluding carboxylic acids is 1. The van der Waals surface area contributed by atoms with E-state index in [2.05, 4.69) is 14.6 Å². The zero-order valence-corrected chi connectivity index (χ0v) is 14.0. The standard InChI is InChI=1S/C14H18FN5O2S/c1-8-12(7-23-18-8)13(21)19(3)6-11-4-10(15)5-20(11)14-17-16-9(2)22-14/h7,10-11H,4-6H2,1-3H3/t10-,11-/m0/s1. The first-order valence-corrected chi connectivity index (χ1v) is 8.16. The molecular weight excluding hydrogens is 321 g/mol. The smallest absolute Gasteiger partial charge is 0.318 e. The molecule has 0 aromatic carbocycles. The minimum absolute atomic E-state index is 0.111. The van der Waals surface area contributed by atoms with Gasteiger partial charge >= 0.3 is 6.01 Å². The lowest BCUT2D eigenvalue weighted by Crippen LogP contribution is -2.41. The fourth-order valence-electron chi connectivity index (χ4n) is 2.77. The SMILES string of the molecule is Cc1nnc(N2C[C@@H](F)C[C@H]2CN(C)C(=O)c2csnc2C)o1. The van der Waals surface area contributed by atoms with Crippen molar-refractivity contribution >= 4 is 23.5 Å². The highest BCUT2D eigenvalue weighted by molar-refractivity contribution is 7.03. The molecule has 1 amide bonds. The van der Waals surface area contributed by atoms with Crippen LogP contribution in [0.1, 0.15) is 28.4 Å². The number of amides is 1. The summed E-state index contributed by atoms with van der Waals surface area (Å²) >= 11 is 1.25. The van der Waals surface area contributed by atoms with E-state index in [1.54, 1.807) is 36.1 Å². The first kappa shape index (κ1) is 15.9. The fourth-order valence-corrected chi connectivity index (χ4v) is 3.46. The van der Waals surface area contributed by atoms with E-state index < -0.39 is 6.17 Å². The van der Waals surface area contributed by atoms with Crippen LogP contribution in [0.3, 0.4) is 0 Å². The van der Waals surface area contributed by atoms with Gasteiger partial charge in [0.25, 0.3) is 5.91 Å². The minimum Gasteiger partial charge on any atom is -0.408 e. The monoisotopic (exact) mass is 339 g/mol. The second kappa shape index (κ2) is 6.23. The Morgan fingerprint density at radius 2 is 2.30 bits per heavy atom. The van der Waals surface area contributed by atoms with Gasteiger partial charge in [-0.1, -0.05) is 5.10 Å². The van der Waals surface area contributed by atoms with Gasteiger partial charge in [0.2, 0.25) is 5.89 Å². The molecule has 1 saturated heterocycles. The lowest BCUT2D eigenvalue weighted by atomic mass is 10.2. The third-order valence-corrected chi connectivity index (χ3v) is 4.66. The molecule has 0 spiro atoms. The summed E-state index contributed by atoms with van der Waals surface area (Å²) in [6.07, 6.45) is -0.639. The Bertz CT molecular complexity index is 703. The Kier molecular flexibility index (Phi) is 4.29. The predicted molar refractivity (Wildman–Crippen MR) is 83.5 cm³/mol. The molecule has 0 N–H and O–H groups in total. The average molecular weight is 339 g/mol. The maximum atomic E-state index is 13.9. The lowest BCUT2D eigenvalue weighted by molar-refractivity contribution is 0.0785. The Morgan fingerprint density at radius 1 is 1.52 bits per heavy atom. The van der Waals surface area contributed by atoms with Crippen molar-refractivity contribution in [2.24, 2.45) is 0 Å². The summed E-state index contributed by atoms with van der Waals surface area (Å²) in [5, 5.41) is 9.48. The van der Waals surface area contributed by atoms with Gasteiger partial charge in [-0.05, 0) is 18.5 Å². The summed E-state index contributed by atoms with van der Waals surface area (Å²) in [5.74, 6) is 0.325. The third-order valence-electron chi connectivity index (χ3n) is 3.94. The molecule has 1 aliphatic heterocycles. The van der Waals surface area contributed by atoms with Crippen LogP contribution in [0.15, 0.2) is 9.80 Å². The Labute approximate surface area is 137 Å². The van der Waals surface area contributed by atoms with Crippen LogP contribution in [0.2, 0.25) is 0 Å². The van der Waals surface area contributed by atoms with E-state index in [4.69, 9.17) is 4.42 Å².